The van der Waals surface area contributed by atoms with Gasteiger partial charge in [-0.1, -0.05) is 49.2 Å². The number of carbonyl (C=O) groups excluding carboxylic acids is 2. The Hall–Kier alpha value is -2.33. The molecule has 0 atom stereocenters. The standard InChI is InChI=1S/C20H23ClN2O2/c1-2-3-13-22-20(25)16-8-6-9-17(14-16)23-19(24)12-11-15-7-4-5-10-18(15)21/h4-10,14H,2-3,11-13H2,1H3,(H,22,25)(H,23,24). The maximum atomic E-state index is 12.1. The van der Waals surface area contributed by atoms with Crippen molar-refractivity contribution in [1.82, 2.24) is 5.32 Å². The quantitative estimate of drug-likeness (QED) is 0.685. The van der Waals surface area contributed by atoms with Crippen molar-refractivity contribution in [3.8, 4) is 0 Å². The molecule has 0 aliphatic rings. The summed E-state index contributed by atoms with van der Waals surface area (Å²) in [5.41, 5.74) is 2.11. The molecule has 0 saturated carbocycles. The van der Waals surface area contributed by atoms with E-state index in [9.17, 15) is 9.59 Å². The first kappa shape index (κ1) is 19.0. The van der Waals surface area contributed by atoms with E-state index in [0.717, 1.165) is 18.4 Å². The summed E-state index contributed by atoms with van der Waals surface area (Å²) in [6.07, 6.45) is 2.88. The molecule has 4 nitrogen and oxygen atoms in total. The number of rotatable bonds is 8. The summed E-state index contributed by atoms with van der Waals surface area (Å²) in [6, 6.07) is 14.5. The highest BCUT2D eigenvalue weighted by molar-refractivity contribution is 6.31. The van der Waals surface area contributed by atoms with Crippen LogP contribution >= 0.6 is 11.6 Å². The van der Waals surface area contributed by atoms with Crippen LogP contribution in [-0.2, 0) is 11.2 Å². The molecule has 2 amide bonds. The van der Waals surface area contributed by atoms with Crippen LogP contribution in [0.4, 0.5) is 5.69 Å². The van der Waals surface area contributed by atoms with Gasteiger partial charge in [0.05, 0.1) is 0 Å². The van der Waals surface area contributed by atoms with E-state index in [-0.39, 0.29) is 11.8 Å². The number of hydrogen-bond donors (Lipinski definition) is 2. The van der Waals surface area contributed by atoms with E-state index < -0.39 is 0 Å². The molecule has 2 aromatic rings. The van der Waals surface area contributed by atoms with Crippen LogP contribution in [0, 0.1) is 0 Å². The van der Waals surface area contributed by atoms with Gasteiger partial charge >= 0.3 is 0 Å². The van der Waals surface area contributed by atoms with Crippen LogP contribution < -0.4 is 10.6 Å². The molecule has 132 valence electrons. The fourth-order valence-electron chi connectivity index (χ4n) is 2.39. The van der Waals surface area contributed by atoms with Gasteiger partial charge in [-0.25, -0.2) is 0 Å². The smallest absolute Gasteiger partial charge is 0.251 e. The summed E-state index contributed by atoms with van der Waals surface area (Å²) in [5.74, 6) is -0.232. The molecule has 0 aromatic heterocycles. The first-order valence-electron chi connectivity index (χ1n) is 8.51. The Morgan fingerprint density at radius 1 is 1.08 bits per heavy atom. The zero-order valence-electron chi connectivity index (χ0n) is 14.3. The van der Waals surface area contributed by atoms with E-state index in [2.05, 4.69) is 17.6 Å². The summed E-state index contributed by atoms with van der Waals surface area (Å²) in [5, 5.41) is 6.37. The van der Waals surface area contributed by atoms with Gasteiger partial charge in [-0.15, -0.1) is 0 Å². The Morgan fingerprint density at radius 2 is 1.88 bits per heavy atom. The number of unbranched alkanes of at least 4 members (excludes halogenated alkanes) is 1. The lowest BCUT2D eigenvalue weighted by Crippen LogP contribution is -2.24. The summed E-state index contributed by atoms with van der Waals surface area (Å²) in [4.78, 5) is 24.2. The highest BCUT2D eigenvalue weighted by Gasteiger charge is 2.08. The summed E-state index contributed by atoms with van der Waals surface area (Å²) >= 11 is 6.10. The zero-order valence-corrected chi connectivity index (χ0v) is 15.1. The van der Waals surface area contributed by atoms with Crippen LogP contribution in [0.25, 0.3) is 0 Å². The number of nitrogens with one attached hydrogen (secondary N) is 2. The minimum Gasteiger partial charge on any atom is -0.352 e. The Kier molecular flexibility index (Phi) is 7.48. The normalized spacial score (nSPS) is 10.3. The molecule has 0 saturated heterocycles. The summed E-state index contributed by atoms with van der Waals surface area (Å²) in [7, 11) is 0. The van der Waals surface area contributed by atoms with Crippen molar-refractivity contribution in [2.45, 2.75) is 32.6 Å². The van der Waals surface area contributed by atoms with Crippen molar-refractivity contribution >= 4 is 29.1 Å². The third-order valence-electron chi connectivity index (χ3n) is 3.80. The molecular weight excluding hydrogens is 336 g/mol. The molecular formula is C20H23ClN2O2. The fourth-order valence-corrected chi connectivity index (χ4v) is 2.62. The highest BCUT2D eigenvalue weighted by atomic mass is 35.5. The van der Waals surface area contributed by atoms with Crippen LogP contribution in [0.1, 0.15) is 42.1 Å². The van der Waals surface area contributed by atoms with Crippen molar-refractivity contribution in [3.05, 3.63) is 64.7 Å². The van der Waals surface area contributed by atoms with E-state index >= 15 is 0 Å². The Labute approximate surface area is 153 Å². The number of aryl methyl sites for hydroxylation is 1. The third kappa shape index (κ3) is 6.24. The van der Waals surface area contributed by atoms with Crippen molar-refractivity contribution in [3.63, 3.8) is 0 Å². The minimum absolute atomic E-state index is 0.108. The van der Waals surface area contributed by atoms with Gasteiger partial charge in [0.2, 0.25) is 5.91 Å². The van der Waals surface area contributed by atoms with Crippen molar-refractivity contribution in [1.29, 1.82) is 0 Å². The fraction of sp³-hybridized carbons (Fsp3) is 0.300. The second kappa shape index (κ2) is 9.84. The number of carbonyl (C=O) groups is 2. The van der Waals surface area contributed by atoms with Crippen LogP contribution in [0.3, 0.4) is 0 Å². The topological polar surface area (TPSA) is 58.2 Å². The molecule has 0 unspecified atom stereocenters. The molecule has 2 aromatic carbocycles. The molecule has 0 radical (unpaired) electrons. The molecule has 2 N–H and O–H groups in total. The molecule has 2 rings (SSSR count). The lowest BCUT2D eigenvalue weighted by molar-refractivity contribution is -0.116. The largest absolute Gasteiger partial charge is 0.352 e. The number of halogens is 1. The second-order valence-electron chi connectivity index (χ2n) is 5.83. The van der Waals surface area contributed by atoms with Crippen molar-refractivity contribution in [2.24, 2.45) is 0 Å². The second-order valence-corrected chi connectivity index (χ2v) is 6.24. The Balaban J connectivity index is 1.89. The van der Waals surface area contributed by atoms with Gasteiger partial charge in [-0.3, -0.25) is 9.59 Å². The van der Waals surface area contributed by atoms with Crippen LogP contribution in [0.2, 0.25) is 5.02 Å². The number of hydrogen-bond acceptors (Lipinski definition) is 2. The van der Waals surface area contributed by atoms with Gasteiger partial charge in [-0.2, -0.15) is 0 Å². The number of anilines is 1. The predicted molar refractivity (Wildman–Crippen MR) is 102 cm³/mol. The Morgan fingerprint density at radius 3 is 2.64 bits per heavy atom. The molecule has 0 aliphatic carbocycles. The average Bonchev–Trinajstić information content (AvgIpc) is 2.61. The van der Waals surface area contributed by atoms with Crippen LogP contribution in [0.5, 0.6) is 0 Å². The lowest BCUT2D eigenvalue weighted by Gasteiger charge is -2.09. The van der Waals surface area contributed by atoms with Crippen LogP contribution in [-0.4, -0.2) is 18.4 Å². The maximum absolute atomic E-state index is 12.1. The van der Waals surface area contributed by atoms with Gasteiger partial charge < -0.3 is 10.6 Å². The van der Waals surface area contributed by atoms with Crippen molar-refractivity contribution < 1.29 is 9.59 Å². The first-order valence-corrected chi connectivity index (χ1v) is 8.89. The van der Waals surface area contributed by atoms with Crippen molar-refractivity contribution in [2.75, 3.05) is 11.9 Å². The first-order chi connectivity index (χ1) is 12.1. The molecule has 25 heavy (non-hydrogen) atoms. The van der Waals surface area contributed by atoms with Crippen LogP contribution in [0.15, 0.2) is 48.5 Å². The molecule has 0 aliphatic heterocycles. The van der Waals surface area contributed by atoms with E-state index in [1.807, 2.05) is 24.3 Å². The predicted octanol–water partition coefficient (Wildman–Crippen LogP) is 4.44. The minimum atomic E-state index is -0.124. The van der Waals surface area contributed by atoms with E-state index in [0.29, 0.717) is 35.7 Å². The summed E-state index contributed by atoms with van der Waals surface area (Å²) < 4.78 is 0. The van der Waals surface area contributed by atoms with Gasteiger partial charge in [-0.05, 0) is 42.7 Å². The average molecular weight is 359 g/mol. The molecule has 0 spiro atoms. The number of amides is 2. The highest BCUT2D eigenvalue weighted by Crippen LogP contribution is 2.17. The lowest BCUT2D eigenvalue weighted by atomic mass is 10.1. The molecule has 0 bridgehead atoms. The van der Waals surface area contributed by atoms with E-state index in [1.54, 1.807) is 24.3 Å². The van der Waals surface area contributed by atoms with E-state index in [1.165, 1.54) is 0 Å². The monoisotopic (exact) mass is 358 g/mol. The zero-order chi connectivity index (χ0) is 18.1. The SMILES string of the molecule is CCCCNC(=O)c1cccc(NC(=O)CCc2ccccc2Cl)c1. The maximum Gasteiger partial charge on any atom is 0.251 e. The molecule has 5 heteroatoms. The molecule has 0 heterocycles. The van der Waals surface area contributed by atoms with Gasteiger partial charge in [0.25, 0.3) is 5.91 Å². The Bertz CT molecular complexity index is 731. The summed E-state index contributed by atoms with van der Waals surface area (Å²) in [6.45, 7) is 2.73. The van der Waals surface area contributed by atoms with Gasteiger partial charge in [0, 0.05) is 29.2 Å². The molecule has 0 fully saturated rings. The van der Waals surface area contributed by atoms with Gasteiger partial charge in [0.15, 0.2) is 0 Å². The van der Waals surface area contributed by atoms with E-state index in [4.69, 9.17) is 11.6 Å². The number of benzene rings is 2. The van der Waals surface area contributed by atoms with Gasteiger partial charge in [0.1, 0.15) is 0 Å². The third-order valence-corrected chi connectivity index (χ3v) is 4.17.